The second kappa shape index (κ2) is 5.71. The molecule has 0 spiro atoms. The van der Waals surface area contributed by atoms with E-state index in [1.807, 2.05) is 30.3 Å². The summed E-state index contributed by atoms with van der Waals surface area (Å²) in [5.74, 6) is 0.261. The topological polar surface area (TPSA) is 58.0 Å². The van der Waals surface area contributed by atoms with Gasteiger partial charge in [0, 0.05) is 0 Å². The van der Waals surface area contributed by atoms with E-state index >= 15 is 0 Å². The van der Waals surface area contributed by atoms with Crippen LogP contribution < -0.4 is 5.32 Å². The van der Waals surface area contributed by atoms with Crippen LogP contribution in [0.2, 0.25) is 0 Å². The van der Waals surface area contributed by atoms with E-state index in [0.29, 0.717) is 0 Å². The van der Waals surface area contributed by atoms with Crippen LogP contribution in [-0.2, 0) is 0 Å². The van der Waals surface area contributed by atoms with Crippen LogP contribution in [0.5, 0.6) is 5.75 Å². The Hall–Kier alpha value is -2.40. The van der Waals surface area contributed by atoms with Gasteiger partial charge in [0.2, 0.25) is 5.13 Å². The molecule has 2 N–H and O–H groups in total. The number of hydrogen-bond donors (Lipinski definition) is 2. The highest BCUT2D eigenvalue weighted by Crippen LogP contribution is 2.28. The molecule has 2 aromatic carbocycles. The molecule has 5 heteroatoms. The third-order valence-corrected chi connectivity index (χ3v) is 3.61. The number of rotatable bonds is 4. The van der Waals surface area contributed by atoms with Gasteiger partial charge in [-0.3, -0.25) is 0 Å². The van der Waals surface area contributed by atoms with Gasteiger partial charge in [-0.2, -0.15) is 0 Å². The number of phenols is 1. The van der Waals surface area contributed by atoms with Crippen LogP contribution in [0.25, 0.3) is 0 Å². The third-order valence-electron chi connectivity index (χ3n) is 2.99. The third kappa shape index (κ3) is 2.78. The summed E-state index contributed by atoms with van der Waals surface area (Å²) in [6.45, 7) is 0. The van der Waals surface area contributed by atoms with Crippen LogP contribution >= 0.6 is 11.3 Å². The maximum absolute atomic E-state index is 9.43. The van der Waals surface area contributed by atoms with Crippen LogP contribution in [0, 0.1) is 0 Å². The van der Waals surface area contributed by atoms with Crippen molar-refractivity contribution in [2.24, 2.45) is 0 Å². The highest BCUT2D eigenvalue weighted by Gasteiger charge is 2.15. The van der Waals surface area contributed by atoms with E-state index in [1.165, 1.54) is 11.3 Å². The highest BCUT2D eigenvalue weighted by molar-refractivity contribution is 7.13. The van der Waals surface area contributed by atoms with Crippen molar-refractivity contribution >= 4 is 16.5 Å². The zero-order chi connectivity index (χ0) is 13.8. The van der Waals surface area contributed by atoms with Gasteiger partial charge in [-0.05, 0) is 23.3 Å². The number of nitrogens with one attached hydrogen (secondary N) is 1. The maximum Gasteiger partial charge on any atom is 0.206 e. The molecule has 0 aliphatic rings. The number of phenolic OH excluding ortho intramolecular Hbond substituents is 1. The molecule has 0 radical (unpaired) electrons. The average Bonchev–Trinajstić information content (AvgIpc) is 3.00. The van der Waals surface area contributed by atoms with E-state index < -0.39 is 0 Å². The van der Waals surface area contributed by atoms with Crippen molar-refractivity contribution < 1.29 is 5.11 Å². The molecule has 100 valence electrons. The first-order valence-corrected chi connectivity index (χ1v) is 7.07. The van der Waals surface area contributed by atoms with Crippen molar-refractivity contribution in [1.29, 1.82) is 0 Å². The van der Waals surface area contributed by atoms with Crippen LogP contribution in [0.3, 0.4) is 0 Å². The number of benzene rings is 2. The summed E-state index contributed by atoms with van der Waals surface area (Å²) in [4.78, 5) is 0. The van der Waals surface area contributed by atoms with Crippen molar-refractivity contribution in [2.75, 3.05) is 5.32 Å². The Morgan fingerprint density at radius 1 is 0.950 bits per heavy atom. The monoisotopic (exact) mass is 283 g/mol. The fraction of sp³-hybridized carbons (Fsp3) is 0.0667. The molecule has 1 heterocycles. The number of aromatic nitrogens is 2. The normalized spacial score (nSPS) is 12.0. The molecule has 3 aromatic rings. The Morgan fingerprint density at radius 2 is 1.65 bits per heavy atom. The lowest BCUT2D eigenvalue weighted by Crippen LogP contribution is -2.12. The minimum absolute atomic E-state index is 0.0234. The summed E-state index contributed by atoms with van der Waals surface area (Å²) in [6.07, 6.45) is 0. The van der Waals surface area contributed by atoms with Crippen molar-refractivity contribution in [1.82, 2.24) is 10.2 Å². The van der Waals surface area contributed by atoms with Gasteiger partial charge in [-0.25, -0.2) is 0 Å². The fourth-order valence-electron chi connectivity index (χ4n) is 2.03. The number of anilines is 1. The number of aromatic hydroxyl groups is 1. The lowest BCUT2D eigenvalue weighted by atomic mass is 9.99. The molecule has 20 heavy (non-hydrogen) atoms. The molecular weight excluding hydrogens is 270 g/mol. The predicted molar refractivity (Wildman–Crippen MR) is 79.9 cm³/mol. The van der Waals surface area contributed by atoms with E-state index in [0.717, 1.165) is 16.3 Å². The van der Waals surface area contributed by atoms with E-state index in [4.69, 9.17) is 0 Å². The molecule has 0 aliphatic carbocycles. The van der Waals surface area contributed by atoms with Crippen LogP contribution in [0.15, 0.2) is 60.1 Å². The Balaban J connectivity index is 1.97. The lowest BCUT2D eigenvalue weighted by Gasteiger charge is -2.19. The van der Waals surface area contributed by atoms with E-state index in [2.05, 4.69) is 27.6 Å². The van der Waals surface area contributed by atoms with E-state index in [-0.39, 0.29) is 11.8 Å². The molecule has 1 atom stereocenters. The zero-order valence-corrected chi connectivity index (χ0v) is 11.4. The molecule has 3 rings (SSSR count). The van der Waals surface area contributed by atoms with Gasteiger partial charge in [-0.15, -0.1) is 10.2 Å². The van der Waals surface area contributed by atoms with Gasteiger partial charge >= 0.3 is 0 Å². The summed E-state index contributed by atoms with van der Waals surface area (Å²) < 4.78 is 0. The Morgan fingerprint density at radius 3 is 2.30 bits per heavy atom. The van der Waals surface area contributed by atoms with Crippen LogP contribution in [-0.4, -0.2) is 15.3 Å². The Labute approximate surface area is 120 Å². The molecule has 1 unspecified atom stereocenters. The Bertz CT molecular complexity index is 653. The van der Waals surface area contributed by atoms with Crippen molar-refractivity contribution in [3.8, 4) is 5.75 Å². The minimum Gasteiger partial charge on any atom is -0.508 e. The second-order valence-corrected chi connectivity index (χ2v) is 5.16. The molecule has 0 amide bonds. The second-order valence-electron chi connectivity index (χ2n) is 4.32. The van der Waals surface area contributed by atoms with Gasteiger partial charge in [0.05, 0.1) is 6.04 Å². The first-order valence-electron chi connectivity index (χ1n) is 6.19. The molecule has 0 saturated heterocycles. The van der Waals surface area contributed by atoms with Crippen LogP contribution in [0.1, 0.15) is 17.2 Å². The molecule has 0 aliphatic heterocycles. The van der Waals surface area contributed by atoms with E-state index in [1.54, 1.807) is 17.6 Å². The summed E-state index contributed by atoms with van der Waals surface area (Å²) >= 11 is 1.46. The van der Waals surface area contributed by atoms with Crippen molar-refractivity contribution in [2.45, 2.75) is 6.04 Å². The van der Waals surface area contributed by atoms with Gasteiger partial charge in [0.25, 0.3) is 0 Å². The summed E-state index contributed by atoms with van der Waals surface area (Å²) in [5, 5.41) is 21.4. The highest BCUT2D eigenvalue weighted by atomic mass is 32.1. The molecule has 1 aromatic heterocycles. The van der Waals surface area contributed by atoms with Gasteiger partial charge in [-0.1, -0.05) is 53.8 Å². The average molecular weight is 283 g/mol. The summed E-state index contributed by atoms with van der Waals surface area (Å²) in [5.41, 5.74) is 3.89. The summed E-state index contributed by atoms with van der Waals surface area (Å²) in [6, 6.07) is 17.3. The SMILES string of the molecule is Oc1ccc(C(Nc2nncs2)c2ccccc2)cc1. The Kier molecular flexibility index (Phi) is 3.60. The first kappa shape index (κ1) is 12.6. The van der Waals surface area contributed by atoms with Gasteiger partial charge < -0.3 is 10.4 Å². The molecule has 0 bridgehead atoms. The maximum atomic E-state index is 9.43. The lowest BCUT2D eigenvalue weighted by molar-refractivity contribution is 0.475. The van der Waals surface area contributed by atoms with Gasteiger partial charge in [0.15, 0.2) is 0 Å². The molecule has 4 nitrogen and oxygen atoms in total. The largest absolute Gasteiger partial charge is 0.508 e. The number of hydrogen-bond acceptors (Lipinski definition) is 5. The molecular formula is C15H13N3OS. The van der Waals surface area contributed by atoms with Crippen molar-refractivity contribution in [3.63, 3.8) is 0 Å². The van der Waals surface area contributed by atoms with Gasteiger partial charge in [0.1, 0.15) is 11.3 Å². The van der Waals surface area contributed by atoms with Crippen LogP contribution in [0.4, 0.5) is 5.13 Å². The molecule has 0 fully saturated rings. The smallest absolute Gasteiger partial charge is 0.206 e. The first-order chi connectivity index (χ1) is 9.83. The number of nitrogens with zero attached hydrogens (tertiary/aromatic N) is 2. The standard InChI is InChI=1S/C15H13N3OS/c19-13-8-6-12(7-9-13)14(11-4-2-1-3-5-11)17-15-18-16-10-20-15/h1-10,14,19H,(H,17,18). The van der Waals surface area contributed by atoms with Crippen molar-refractivity contribution in [3.05, 3.63) is 71.2 Å². The predicted octanol–water partition coefficient (Wildman–Crippen LogP) is 3.45. The summed E-state index contributed by atoms with van der Waals surface area (Å²) in [7, 11) is 0. The zero-order valence-electron chi connectivity index (χ0n) is 10.6. The minimum atomic E-state index is -0.0234. The fourth-order valence-corrected chi connectivity index (χ4v) is 2.51. The quantitative estimate of drug-likeness (QED) is 0.770. The molecule has 0 saturated carbocycles. The van der Waals surface area contributed by atoms with E-state index in [9.17, 15) is 5.11 Å².